The highest BCUT2D eigenvalue weighted by atomic mass is 32.2. The van der Waals surface area contributed by atoms with Crippen LogP contribution >= 0.6 is 0 Å². The van der Waals surface area contributed by atoms with Crippen molar-refractivity contribution in [3.8, 4) is 11.5 Å². The molecule has 0 unspecified atom stereocenters. The van der Waals surface area contributed by atoms with Gasteiger partial charge in [0.15, 0.2) is 0 Å². The first kappa shape index (κ1) is 19.0. The molecule has 0 spiro atoms. The first-order valence-corrected chi connectivity index (χ1v) is 9.16. The van der Waals surface area contributed by atoms with Crippen molar-refractivity contribution in [1.29, 1.82) is 0 Å². The number of benzene rings is 1. The molecular weight excluding hydrogens is 344 g/mol. The van der Waals surface area contributed by atoms with Crippen LogP contribution < -0.4 is 19.8 Å². The van der Waals surface area contributed by atoms with Crippen LogP contribution in [0.25, 0.3) is 0 Å². The fourth-order valence-corrected chi connectivity index (χ4v) is 3.75. The Kier molecular flexibility index (Phi) is 5.86. The highest BCUT2D eigenvalue weighted by Crippen LogP contribution is 2.21. The van der Waals surface area contributed by atoms with Crippen LogP contribution in [0, 0.1) is 13.8 Å². The number of hydrogen-bond donors (Lipinski definition) is 1. The molecule has 0 aliphatic heterocycles. The summed E-state index contributed by atoms with van der Waals surface area (Å²) >= 11 is 0. The Morgan fingerprint density at radius 1 is 1.04 bits per heavy atom. The second kappa shape index (κ2) is 7.71. The third-order valence-electron chi connectivity index (χ3n) is 3.86. The van der Waals surface area contributed by atoms with Gasteiger partial charge in [0.05, 0.1) is 19.1 Å². The SMILES string of the molecule is COc1ccc(C)c(S(=O)(=O)NCCn2c(C)cc(OC)cc2=O)c1. The lowest BCUT2D eigenvalue weighted by atomic mass is 10.2. The number of pyridine rings is 1. The maximum Gasteiger partial charge on any atom is 0.254 e. The first-order valence-electron chi connectivity index (χ1n) is 7.68. The molecule has 0 aliphatic rings. The predicted molar refractivity (Wildman–Crippen MR) is 94.9 cm³/mol. The number of aromatic nitrogens is 1. The van der Waals surface area contributed by atoms with Gasteiger partial charge in [-0.15, -0.1) is 0 Å². The fraction of sp³-hybridized carbons (Fsp3) is 0.353. The number of sulfonamides is 1. The van der Waals surface area contributed by atoms with E-state index in [1.54, 1.807) is 32.0 Å². The van der Waals surface area contributed by atoms with Gasteiger partial charge in [-0.05, 0) is 31.5 Å². The molecule has 0 bridgehead atoms. The molecule has 0 fully saturated rings. The number of nitrogens with one attached hydrogen (secondary N) is 1. The van der Waals surface area contributed by atoms with E-state index in [1.165, 1.54) is 30.9 Å². The molecule has 25 heavy (non-hydrogen) atoms. The number of rotatable bonds is 7. The summed E-state index contributed by atoms with van der Waals surface area (Å²) in [5.41, 5.74) is 1.07. The van der Waals surface area contributed by atoms with Crippen molar-refractivity contribution in [2.24, 2.45) is 0 Å². The van der Waals surface area contributed by atoms with E-state index in [0.29, 0.717) is 22.8 Å². The number of methoxy groups -OCH3 is 2. The summed E-state index contributed by atoms with van der Waals surface area (Å²) in [6, 6.07) is 7.96. The molecule has 2 aromatic rings. The zero-order chi connectivity index (χ0) is 18.6. The Labute approximate surface area is 147 Å². The summed E-state index contributed by atoms with van der Waals surface area (Å²) in [5, 5.41) is 0. The maximum absolute atomic E-state index is 12.5. The van der Waals surface area contributed by atoms with Gasteiger partial charge in [-0.1, -0.05) is 6.07 Å². The standard InChI is InChI=1S/C17H22N2O5S/c1-12-5-6-14(23-3)10-16(12)25(21,22)18-7-8-19-13(2)9-15(24-4)11-17(19)20/h5-6,9-11,18H,7-8H2,1-4H3. The molecule has 7 nitrogen and oxygen atoms in total. The van der Waals surface area contributed by atoms with Crippen molar-refractivity contribution >= 4 is 10.0 Å². The molecule has 0 saturated carbocycles. The topological polar surface area (TPSA) is 86.6 Å². The quantitative estimate of drug-likeness (QED) is 0.802. The van der Waals surface area contributed by atoms with Gasteiger partial charge in [-0.25, -0.2) is 13.1 Å². The minimum Gasteiger partial charge on any atom is -0.497 e. The van der Waals surface area contributed by atoms with Crippen molar-refractivity contribution in [3.63, 3.8) is 0 Å². The van der Waals surface area contributed by atoms with Crippen molar-refractivity contribution in [2.45, 2.75) is 25.3 Å². The van der Waals surface area contributed by atoms with E-state index in [-0.39, 0.29) is 23.5 Å². The number of hydrogen-bond acceptors (Lipinski definition) is 5. The van der Waals surface area contributed by atoms with E-state index in [0.717, 1.165) is 0 Å². The van der Waals surface area contributed by atoms with Gasteiger partial charge in [-0.3, -0.25) is 4.79 Å². The number of nitrogens with zero attached hydrogens (tertiary/aromatic N) is 1. The molecule has 1 N–H and O–H groups in total. The minimum atomic E-state index is -3.70. The smallest absolute Gasteiger partial charge is 0.254 e. The normalized spacial score (nSPS) is 11.4. The molecule has 0 aliphatic carbocycles. The van der Waals surface area contributed by atoms with Crippen molar-refractivity contribution in [3.05, 3.63) is 51.9 Å². The molecule has 2 rings (SSSR count). The second-order valence-electron chi connectivity index (χ2n) is 5.56. The molecule has 1 aromatic heterocycles. The van der Waals surface area contributed by atoms with Gasteiger partial charge < -0.3 is 14.0 Å². The van der Waals surface area contributed by atoms with E-state index in [2.05, 4.69) is 4.72 Å². The number of aryl methyl sites for hydroxylation is 2. The van der Waals surface area contributed by atoms with Crippen molar-refractivity contribution in [2.75, 3.05) is 20.8 Å². The molecular formula is C17H22N2O5S. The summed E-state index contributed by atoms with van der Waals surface area (Å²) in [7, 11) is -0.734. The highest BCUT2D eigenvalue weighted by molar-refractivity contribution is 7.89. The van der Waals surface area contributed by atoms with Crippen LogP contribution in [0.2, 0.25) is 0 Å². The second-order valence-corrected chi connectivity index (χ2v) is 7.29. The van der Waals surface area contributed by atoms with Crippen LogP contribution in [0.3, 0.4) is 0 Å². The van der Waals surface area contributed by atoms with Gasteiger partial charge >= 0.3 is 0 Å². The Balaban J connectivity index is 2.15. The van der Waals surface area contributed by atoms with Crippen LogP contribution in [0.4, 0.5) is 0 Å². The zero-order valence-corrected chi connectivity index (χ0v) is 15.5. The van der Waals surface area contributed by atoms with Gasteiger partial charge in [0.25, 0.3) is 5.56 Å². The fourth-order valence-electron chi connectivity index (χ4n) is 2.47. The molecule has 1 heterocycles. The van der Waals surface area contributed by atoms with Gasteiger partial charge in [-0.2, -0.15) is 0 Å². The van der Waals surface area contributed by atoms with E-state index < -0.39 is 10.0 Å². The number of ether oxygens (including phenoxy) is 2. The molecule has 0 radical (unpaired) electrons. The largest absolute Gasteiger partial charge is 0.497 e. The Bertz CT molecular complexity index is 919. The lowest BCUT2D eigenvalue weighted by Gasteiger charge is -2.13. The predicted octanol–water partition coefficient (Wildman–Crippen LogP) is 1.46. The summed E-state index contributed by atoms with van der Waals surface area (Å²) in [6.45, 7) is 3.79. The van der Waals surface area contributed by atoms with Crippen LogP contribution in [0.15, 0.2) is 40.0 Å². The Morgan fingerprint density at radius 2 is 1.72 bits per heavy atom. The molecule has 0 amide bonds. The lowest BCUT2D eigenvalue weighted by Crippen LogP contribution is -2.32. The molecule has 136 valence electrons. The van der Waals surface area contributed by atoms with Crippen molar-refractivity contribution < 1.29 is 17.9 Å². The molecule has 0 saturated heterocycles. The maximum atomic E-state index is 12.5. The third kappa shape index (κ3) is 4.40. The summed E-state index contributed by atoms with van der Waals surface area (Å²) in [5.74, 6) is 0.944. The molecule has 8 heteroatoms. The molecule has 0 atom stereocenters. The van der Waals surface area contributed by atoms with Gasteiger partial charge in [0, 0.05) is 30.9 Å². The summed E-state index contributed by atoms with van der Waals surface area (Å²) in [4.78, 5) is 12.2. The van der Waals surface area contributed by atoms with Gasteiger partial charge in [0.1, 0.15) is 11.5 Å². The van der Waals surface area contributed by atoms with Crippen molar-refractivity contribution in [1.82, 2.24) is 9.29 Å². The minimum absolute atomic E-state index is 0.0893. The molecule has 1 aromatic carbocycles. The summed E-state index contributed by atoms with van der Waals surface area (Å²) < 4.78 is 39.2. The monoisotopic (exact) mass is 366 g/mol. The third-order valence-corrected chi connectivity index (χ3v) is 5.46. The average molecular weight is 366 g/mol. The summed E-state index contributed by atoms with van der Waals surface area (Å²) in [6.07, 6.45) is 0. The van der Waals surface area contributed by atoms with Crippen LogP contribution in [-0.2, 0) is 16.6 Å². The Morgan fingerprint density at radius 3 is 2.32 bits per heavy atom. The zero-order valence-electron chi connectivity index (χ0n) is 14.7. The van der Waals surface area contributed by atoms with E-state index in [9.17, 15) is 13.2 Å². The first-order chi connectivity index (χ1) is 11.8. The van der Waals surface area contributed by atoms with E-state index in [4.69, 9.17) is 9.47 Å². The van der Waals surface area contributed by atoms with Crippen LogP contribution in [0.5, 0.6) is 11.5 Å². The van der Waals surface area contributed by atoms with Gasteiger partial charge in [0.2, 0.25) is 10.0 Å². The lowest BCUT2D eigenvalue weighted by molar-refractivity contribution is 0.411. The Hall–Kier alpha value is -2.32. The van der Waals surface area contributed by atoms with Crippen LogP contribution in [0.1, 0.15) is 11.3 Å². The van der Waals surface area contributed by atoms with E-state index in [1.807, 2.05) is 0 Å². The van der Waals surface area contributed by atoms with Crippen LogP contribution in [-0.4, -0.2) is 33.7 Å². The highest BCUT2D eigenvalue weighted by Gasteiger charge is 2.17. The van der Waals surface area contributed by atoms with E-state index >= 15 is 0 Å². The average Bonchev–Trinajstić information content (AvgIpc) is 2.57.